The number of carboxylic acids is 2. The van der Waals surface area contributed by atoms with Gasteiger partial charge in [0, 0.05) is 0 Å². The van der Waals surface area contributed by atoms with Crippen molar-refractivity contribution in [2.24, 2.45) is 0 Å². The van der Waals surface area contributed by atoms with E-state index in [2.05, 4.69) is 0 Å². The average molecular weight is 539 g/mol. The Hall–Kier alpha value is -5.76. The largest absolute Gasteiger partial charge is 0.508 e. The zero-order valence-corrected chi connectivity index (χ0v) is 21.1. The molecule has 5 rings (SSSR count). The van der Waals surface area contributed by atoms with Gasteiger partial charge >= 0.3 is 11.9 Å². The van der Waals surface area contributed by atoms with Gasteiger partial charge in [-0.25, -0.2) is 9.59 Å². The van der Waals surface area contributed by atoms with Gasteiger partial charge in [0.1, 0.15) is 34.5 Å². The van der Waals surface area contributed by atoms with Gasteiger partial charge in [-0.15, -0.1) is 0 Å². The lowest BCUT2D eigenvalue weighted by atomic mass is 10.1. The zero-order chi connectivity index (χ0) is 28.7. The lowest BCUT2D eigenvalue weighted by molar-refractivity contribution is 0.0696. The van der Waals surface area contributed by atoms with E-state index in [1.54, 1.807) is 48.5 Å². The van der Waals surface area contributed by atoms with Crippen molar-refractivity contribution in [3.05, 3.63) is 145 Å². The number of para-hydroxylation sites is 2. The molecule has 5 aromatic rings. The van der Waals surface area contributed by atoms with Gasteiger partial charge in [0.05, 0.1) is 11.1 Å². The maximum atomic E-state index is 10.4. The van der Waals surface area contributed by atoms with Crippen molar-refractivity contribution in [1.82, 2.24) is 0 Å². The Kier molecular flexibility index (Phi) is 10.7. The SMILES string of the molecule is O=C(O)c1cccc(C(=O)O)c1.Oc1ccc(Oc2ccccc2)cc1.Oc1ccc(Oc2ccccc2)cc1. The highest BCUT2D eigenvalue weighted by Crippen LogP contribution is 2.23. The molecule has 5 aromatic carbocycles. The van der Waals surface area contributed by atoms with Crippen LogP contribution >= 0.6 is 0 Å². The van der Waals surface area contributed by atoms with E-state index in [-0.39, 0.29) is 22.6 Å². The molecule has 40 heavy (non-hydrogen) atoms. The third kappa shape index (κ3) is 9.95. The topological polar surface area (TPSA) is 134 Å². The van der Waals surface area contributed by atoms with Crippen molar-refractivity contribution in [3.63, 3.8) is 0 Å². The minimum absolute atomic E-state index is 0.0186. The Labute approximate surface area is 230 Å². The number of aromatic hydroxyl groups is 2. The van der Waals surface area contributed by atoms with E-state index in [1.165, 1.54) is 18.2 Å². The Morgan fingerprint density at radius 1 is 0.425 bits per heavy atom. The quantitative estimate of drug-likeness (QED) is 0.175. The van der Waals surface area contributed by atoms with E-state index < -0.39 is 11.9 Å². The summed E-state index contributed by atoms with van der Waals surface area (Å²) in [7, 11) is 0. The molecule has 0 amide bonds. The van der Waals surface area contributed by atoms with Gasteiger partial charge in [-0.2, -0.15) is 0 Å². The van der Waals surface area contributed by atoms with Crippen LogP contribution in [0.2, 0.25) is 0 Å². The first-order valence-corrected chi connectivity index (χ1v) is 11.9. The number of rotatable bonds is 6. The van der Waals surface area contributed by atoms with Crippen LogP contribution < -0.4 is 9.47 Å². The zero-order valence-electron chi connectivity index (χ0n) is 21.1. The monoisotopic (exact) mass is 538 g/mol. The van der Waals surface area contributed by atoms with Crippen LogP contribution in [0.25, 0.3) is 0 Å². The molecule has 0 saturated carbocycles. The number of benzene rings is 5. The summed E-state index contributed by atoms with van der Waals surface area (Å²) in [5, 5.41) is 35.1. The van der Waals surface area contributed by atoms with E-state index in [0.29, 0.717) is 11.5 Å². The highest BCUT2D eigenvalue weighted by atomic mass is 16.5. The van der Waals surface area contributed by atoms with E-state index in [4.69, 9.17) is 29.9 Å². The average Bonchev–Trinajstić information content (AvgIpc) is 2.97. The number of hydrogen-bond acceptors (Lipinski definition) is 6. The molecule has 202 valence electrons. The van der Waals surface area contributed by atoms with Gasteiger partial charge in [-0.1, -0.05) is 42.5 Å². The fourth-order valence-electron chi connectivity index (χ4n) is 3.06. The minimum Gasteiger partial charge on any atom is -0.508 e. The number of aromatic carboxylic acids is 2. The molecule has 0 aliphatic rings. The summed E-state index contributed by atoms with van der Waals surface area (Å²) in [4.78, 5) is 20.8. The van der Waals surface area contributed by atoms with Crippen molar-refractivity contribution in [2.45, 2.75) is 0 Å². The minimum atomic E-state index is -1.13. The first kappa shape index (κ1) is 28.8. The molecule has 0 aliphatic heterocycles. The van der Waals surface area contributed by atoms with Crippen molar-refractivity contribution < 1.29 is 39.5 Å². The normalized spacial score (nSPS) is 9.60. The molecule has 0 saturated heterocycles. The van der Waals surface area contributed by atoms with Crippen LogP contribution in [0, 0.1) is 0 Å². The maximum Gasteiger partial charge on any atom is 0.335 e. The Morgan fingerprint density at radius 3 is 1.07 bits per heavy atom. The van der Waals surface area contributed by atoms with Crippen LogP contribution in [0.5, 0.6) is 34.5 Å². The molecule has 0 radical (unpaired) electrons. The van der Waals surface area contributed by atoms with E-state index in [9.17, 15) is 9.59 Å². The third-order valence-electron chi connectivity index (χ3n) is 4.99. The summed E-state index contributed by atoms with van der Waals surface area (Å²) < 4.78 is 11.0. The van der Waals surface area contributed by atoms with Crippen molar-refractivity contribution in [2.75, 3.05) is 0 Å². The Balaban J connectivity index is 0.000000166. The molecule has 0 aliphatic carbocycles. The predicted octanol–water partition coefficient (Wildman–Crippen LogP) is 7.45. The van der Waals surface area contributed by atoms with Crippen LogP contribution in [0.3, 0.4) is 0 Å². The summed E-state index contributed by atoms with van der Waals surface area (Å²) in [6.07, 6.45) is 0. The van der Waals surface area contributed by atoms with E-state index in [1.807, 2.05) is 60.7 Å². The standard InChI is InChI=1S/2C12H10O2.C8H6O4/c2*13-10-6-8-12(9-7-10)14-11-4-2-1-3-5-11;9-7(10)5-2-1-3-6(4-5)8(11)12/h2*1-9,13H;1-4H,(H,9,10)(H,11,12). The number of carboxylic acid groups (broad SMARTS) is 2. The number of phenols is 2. The van der Waals surface area contributed by atoms with Crippen molar-refractivity contribution >= 4 is 11.9 Å². The Morgan fingerprint density at radius 2 is 0.750 bits per heavy atom. The summed E-state index contributed by atoms with van der Waals surface area (Å²) >= 11 is 0. The van der Waals surface area contributed by atoms with Gasteiger partial charge < -0.3 is 29.9 Å². The van der Waals surface area contributed by atoms with Crippen LogP contribution in [-0.4, -0.2) is 32.4 Å². The predicted molar refractivity (Wildman–Crippen MR) is 150 cm³/mol. The molecule has 0 spiro atoms. The molecule has 0 heterocycles. The first-order chi connectivity index (χ1) is 19.3. The highest BCUT2D eigenvalue weighted by molar-refractivity contribution is 5.93. The summed E-state index contributed by atoms with van der Waals surface area (Å²) in [6, 6.07) is 37.5. The molecule has 8 nitrogen and oxygen atoms in total. The summed E-state index contributed by atoms with van der Waals surface area (Å²) in [6.45, 7) is 0. The molecule has 0 fully saturated rings. The van der Waals surface area contributed by atoms with Gasteiger partial charge in [0.2, 0.25) is 0 Å². The van der Waals surface area contributed by atoms with Crippen LogP contribution in [0.1, 0.15) is 20.7 Å². The Bertz CT molecular complexity index is 1370. The maximum absolute atomic E-state index is 10.4. The molecule has 0 bridgehead atoms. The highest BCUT2D eigenvalue weighted by Gasteiger charge is 2.06. The fourth-order valence-corrected chi connectivity index (χ4v) is 3.06. The van der Waals surface area contributed by atoms with Gasteiger partial charge in [0.15, 0.2) is 0 Å². The molecule has 0 atom stereocenters. The van der Waals surface area contributed by atoms with Crippen LogP contribution in [-0.2, 0) is 0 Å². The third-order valence-corrected chi connectivity index (χ3v) is 4.99. The number of hydrogen-bond donors (Lipinski definition) is 4. The van der Waals surface area contributed by atoms with Gasteiger partial charge in [-0.05, 0) is 91.0 Å². The number of ether oxygens (including phenoxy) is 2. The van der Waals surface area contributed by atoms with Gasteiger partial charge in [-0.3, -0.25) is 0 Å². The van der Waals surface area contributed by atoms with E-state index in [0.717, 1.165) is 17.6 Å². The van der Waals surface area contributed by atoms with Gasteiger partial charge in [0.25, 0.3) is 0 Å². The second-order valence-electron chi connectivity index (χ2n) is 8.01. The number of carbonyl (C=O) groups is 2. The second kappa shape index (κ2) is 14.8. The molecule has 0 unspecified atom stereocenters. The first-order valence-electron chi connectivity index (χ1n) is 11.9. The van der Waals surface area contributed by atoms with Crippen molar-refractivity contribution in [1.29, 1.82) is 0 Å². The van der Waals surface area contributed by atoms with Crippen LogP contribution in [0.15, 0.2) is 133 Å². The summed E-state index contributed by atoms with van der Waals surface area (Å²) in [5.74, 6) is 1.24. The smallest absolute Gasteiger partial charge is 0.335 e. The van der Waals surface area contributed by atoms with Crippen molar-refractivity contribution in [3.8, 4) is 34.5 Å². The lowest BCUT2D eigenvalue weighted by Crippen LogP contribution is -2.01. The molecular formula is C32H26O8. The molecule has 4 N–H and O–H groups in total. The second-order valence-corrected chi connectivity index (χ2v) is 8.01. The number of phenolic OH excluding ortho intramolecular Hbond substituents is 2. The van der Waals surface area contributed by atoms with Crippen LogP contribution in [0.4, 0.5) is 0 Å². The lowest BCUT2D eigenvalue weighted by Gasteiger charge is -2.04. The van der Waals surface area contributed by atoms with E-state index >= 15 is 0 Å². The molecule has 8 heteroatoms. The molecular weight excluding hydrogens is 512 g/mol. The summed E-state index contributed by atoms with van der Waals surface area (Å²) in [5.41, 5.74) is -0.0372. The molecule has 0 aromatic heterocycles. The fraction of sp³-hybridized carbons (Fsp3) is 0.